The van der Waals surface area contributed by atoms with E-state index in [1.54, 1.807) is 6.07 Å². The van der Waals surface area contributed by atoms with Gasteiger partial charge in [0.1, 0.15) is 6.04 Å². The average molecular weight is 518 g/mol. The first kappa shape index (κ1) is 26.8. The monoisotopic (exact) mass is 517 g/mol. The lowest BCUT2D eigenvalue weighted by Gasteiger charge is -2.30. The molecule has 7 heteroatoms. The van der Waals surface area contributed by atoms with Gasteiger partial charge in [0, 0.05) is 37.7 Å². The Labute approximate surface area is 225 Å². The van der Waals surface area contributed by atoms with Crippen molar-refractivity contribution in [2.24, 2.45) is 0 Å². The van der Waals surface area contributed by atoms with Crippen molar-refractivity contribution in [1.29, 1.82) is 5.26 Å². The van der Waals surface area contributed by atoms with Gasteiger partial charge in [-0.1, -0.05) is 12.1 Å². The van der Waals surface area contributed by atoms with Crippen LogP contribution < -0.4 is 0 Å². The fourth-order valence-electron chi connectivity index (χ4n) is 6.19. The van der Waals surface area contributed by atoms with Gasteiger partial charge >= 0.3 is 5.97 Å². The molecule has 2 fully saturated rings. The number of rotatable bonds is 10. The van der Waals surface area contributed by atoms with Crippen LogP contribution in [0.15, 0.2) is 30.3 Å². The fourth-order valence-corrected chi connectivity index (χ4v) is 6.19. The first-order valence-corrected chi connectivity index (χ1v) is 14.3. The van der Waals surface area contributed by atoms with E-state index < -0.39 is 12.0 Å². The number of fused-ring (bicyclic) bond motifs is 1. The molecule has 2 aromatic rings. The molecule has 1 aromatic carbocycles. The van der Waals surface area contributed by atoms with E-state index in [2.05, 4.69) is 18.2 Å². The molecule has 0 amide bonds. The van der Waals surface area contributed by atoms with Crippen molar-refractivity contribution in [1.82, 2.24) is 9.88 Å². The number of likely N-dealkylation sites (tertiary alicyclic amines) is 1. The van der Waals surface area contributed by atoms with Gasteiger partial charge in [0.05, 0.1) is 23.8 Å². The standard InChI is InChI=1S/C31H39N3O4/c32-20-22-11-14-26(27(19-22)29-10-4-6-18-38-29)30(31(35)36)34-16-15-25(21-34)37-17-5-3-8-24-13-12-23-7-1-2-9-28(23)33-24/h11-14,19,25,29-30H,1-10,15-18,21H2,(H,35,36)/t25-,29?,30?/m1/s1. The third kappa shape index (κ3) is 6.43. The summed E-state index contributed by atoms with van der Waals surface area (Å²) in [6.07, 6.45) is 11.4. The number of aliphatic carboxylic acids is 1. The fraction of sp³-hybridized carbons (Fsp3) is 0.581. The van der Waals surface area contributed by atoms with Crippen LogP contribution in [0.3, 0.4) is 0 Å². The van der Waals surface area contributed by atoms with Crippen LogP contribution >= 0.6 is 0 Å². The van der Waals surface area contributed by atoms with Crippen LogP contribution in [0.2, 0.25) is 0 Å². The molecule has 3 atom stereocenters. The summed E-state index contributed by atoms with van der Waals surface area (Å²) in [6, 6.07) is 11.2. The first-order chi connectivity index (χ1) is 18.6. The van der Waals surface area contributed by atoms with Crippen molar-refractivity contribution in [3.05, 3.63) is 64.0 Å². The minimum absolute atomic E-state index is 0.0338. The van der Waals surface area contributed by atoms with Crippen LogP contribution in [-0.4, -0.2) is 53.4 Å². The molecule has 5 rings (SSSR count). The van der Waals surface area contributed by atoms with Gasteiger partial charge in [-0.25, -0.2) is 0 Å². The second kappa shape index (κ2) is 12.8. The Morgan fingerprint density at radius 1 is 1.16 bits per heavy atom. The lowest BCUT2D eigenvalue weighted by molar-refractivity contribution is -0.143. The van der Waals surface area contributed by atoms with E-state index in [9.17, 15) is 15.2 Å². The number of nitrogens with zero attached hydrogens (tertiary/aromatic N) is 3. The van der Waals surface area contributed by atoms with Gasteiger partial charge in [0.15, 0.2) is 0 Å². The van der Waals surface area contributed by atoms with E-state index in [4.69, 9.17) is 14.5 Å². The molecular formula is C31H39N3O4. The Kier molecular flexibility index (Phi) is 9.06. The number of hydrogen-bond donors (Lipinski definition) is 1. The van der Waals surface area contributed by atoms with Crippen molar-refractivity contribution in [3.63, 3.8) is 0 Å². The number of benzene rings is 1. The Balaban J connectivity index is 1.15. The number of unbranched alkanes of at least 4 members (excludes halogenated alkanes) is 1. The van der Waals surface area contributed by atoms with Gasteiger partial charge in [-0.3, -0.25) is 14.7 Å². The van der Waals surface area contributed by atoms with Gasteiger partial charge in [-0.2, -0.15) is 5.26 Å². The normalized spacial score (nSPS) is 22.5. The maximum Gasteiger partial charge on any atom is 0.325 e. The van der Waals surface area contributed by atoms with E-state index in [1.165, 1.54) is 36.2 Å². The zero-order valence-electron chi connectivity index (χ0n) is 22.2. The maximum atomic E-state index is 12.5. The summed E-state index contributed by atoms with van der Waals surface area (Å²) in [5.41, 5.74) is 6.02. The summed E-state index contributed by atoms with van der Waals surface area (Å²) in [7, 11) is 0. The second-order valence-electron chi connectivity index (χ2n) is 10.9. The summed E-state index contributed by atoms with van der Waals surface area (Å²) < 4.78 is 12.2. The smallest absolute Gasteiger partial charge is 0.325 e. The topological polar surface area (TPSA) is 95.7 Å². The molecule has 0 saturated carbocycles. The van der Waals surface area contributed by atoms with Crippen molar-refractivity contribution in [2.75, 3.05) is 26.3 Å². The predicted molar refractivity (Wildman–Crippen MR) is 144 cm³/mol. The van der Waals surface area contributed by atoms with E-state index in [0.717, 1.165) is 62.5 Å². The summed E-state index contributed by atoms with van der Waals surface area (Å²) in [5.74, 6) is -0.870. The molecule has 1 aromatic heterocycles. The zero-order chi connectivity index (χ0) is 26.3. The summed E-state index contributed by atoms with van der Waals surface area (Å²) in [5, 5.41) is 19.7. The van der Waals surface area contributed by atoms with Crippen molar-refractivity contribution in [2.45, 2.75) is 88.9 Å². The van der Waals surface area contributed by atoms with Gasteiger partial charge < -0.3 is 14.6 Å². The van der Waals surface area contributed by atoms with Crippen LogP contribution in [0.4, 0.5) is 0 Å². The second-order valence-corrected chi connectivity index (χ2v) is 10.9. The molecule has 1 N–H and O–H groups in total. The Hall–Kier alpha value is -2.79. The van der Waals surface area contributed by atoms with Crippen LogP contribution in [0.25, 0.3) is 0 Å². The van der Waals surface area contributed by atoms with Crippen LogP contribution in [0.1, 0.15) is 97.2 Å². The maximum absolute atomic E-state index is 12.5. The molecule has 0 bridgehead atoms. The van der Waals surface area contributed by atoms with Crippen molar-refractivity contribution < 1.29 is 19.4 Å². The summed E-state index contributed by atoms with van der Waals surface area (Å²) in [6.45, 7) is 2.61. The number of nitriles is 1. The third-order valence-corrected chi connectivity index (χ3v) is 8.23. The molecular weight excluding hydrogens is 478 g/mol. The van der Waals surface area contributed by atoms with Crippen LogP contribution in [0, 0.1) is 11.3 Å². The predicted octanol–water partition coefficient (Wildman–Crippen LogP) is 5.31. The molecule has 2 unspecified atom stereocenters. The zero-order valence-corrected chi connectivity index (χ0v) is 22.2. The summed E-state index contributed by atoms with van der Waals surface area (Å²) >= 11 is 0. The van der Waals surface area contributed by atoms with Gasteiger partial charge in [-0.15, -0.1) is 0 Å². The number of carbonyl (C=O) groups is 1. The number of hydrogen-bond acceptors (Lipinski definition) is 6. The third-order valence-electron chi connectivity index (χ3n) is 8.23. The summed E-state index contributed by atoms with van der Waals surface area (Å²) in [4.78, 5) is 19.4. The minimum atomic E-state index is -0.870. The molecule has 1 aliphatic carbocycles. The molecule has 3 heterocycles. The van der Waals surface area contributed by atoms with Crippen molar-refractivity contribution >= 4 is 5.97 Å². The lowest BCUT2D eigenvalue weighted by atomic mass is 9.90. The van der Waals surface area contributed by atoms with Gasteiger partial charge in [-0.05, 0) is 106 Å². The van der Waals surface area contributed by atoms with Crippen molar-refractivity contribution in [3.8, 4) is 6.07 Å². The molecule has 7 nitrogen and oxygen atoms in total. The molecule has 3 aliphatic rings. The van der Waals surface area contributed by atoms with Crippen LogP contribution in [-0.2, 0) is 33.5 Å². The largest absolute Gasteiger partial charge is 0.480 e. The molecule has 38 heavy (non-hydrogen) atoms. The van der Waals surface area contributed by atoms with E-state index in [-0.39, 0.29) is 12.2 Å². The van der Waals surface area contributed by atoms with E-state index >= 15 is 0 Å². The average Bonchev–Trinajstić information content (AvgIpc) is 3.41. The Bertz CT molecular complexity index is 1150. The van der Waals surface area contributed by atoms with E-state index in [0.29, 0.717) is 31.9 Å². The number of carboxylic acid groups (broad SMARTS) is 1. The number of ether oxygens (including phenoxy) is 2. The highest BCUT2D eigenvalue weighted by molar-refractivity contribution is 5.76. The van der Waals surface area contributed by atoms with Gasteiger partial charge in [0.2, 0.25) is 0 Å². The molecule has 2 aliphatic heterocycles. The molecule has 0 radical (unpaired) electrons. The molecule has 0 spiro atoms. The number of pyridine rings is 1. The minimum Gasteiger partial charge on any atom is -0.480 e. The highest BCUT2D eigenvalue weighted by Crippen LogP contribution is 2.37. The first-order valence-electron chi connectivity index (χ1n) is 14.3. The van der Waals surface area contributed by atoms with Gasteiger partial charge in [0.25, 0.3) is 0 Å². The number of aryl methyl sites for hydroxylation is 3. The van der Waals surface area contributed by atoms with E-state index in [1.807, 2.05) is 17.0 Å². The lowest BCUT2D eigenvalue weighted by Crippen LogP contribution is -2.34. The molecule has 202 valence electrons. The number of carboxylic acids is 1. The molecule has 2 saturated heterocycles. The quantitative estimate of drug-likeness (QED) is 0.427. The Morgan fingerprint density at radius 3 is 2.87 bits per heavy atom. The highest BCUT2D eigenvalue weighted by atomic mass is 16.5. The van der Waals surface area contributed by atoms with Crippen LogP contribution in [0.5, 0.6) is 0 Å². The Morgan fingerprint density at radius 2 is 2.05 bits per heavy atom. The highest BCUT2D eigenvalue weighted by Gasteiger charge is 2.36. The SMILES string of the molecule is N#Cc1ccc(C(C(=O)O)N2CC[C@@H](OCCCCc3ccc4c(n3)CCCC4)C2)c(C2CCCCO2)c1. The number of aromatic nitrogens is 1.